The van der Waals surface area contributed by atoms with Gasteiger partial charge in [-0.25, -0.2) is 0 Å². The molecule has 0 aromatic carbocycles. The summed E-state index contributed by atoms with van der Waals surface area (Å²) in [6.07, 6.45) is 2.63. The molecule has 1 saturated heterocycles. The molecule has 120 valence electrons. The quantitative estimate of drug-likeness (QED) is 0.842. The van der Waals surface area contributed by atoms with Crippen LogP contribution < -0.4 is 0 Å². The molecule has 1 aliphatic carbocycles. The van der Waals surface area contributed by atoms with Gasteiger partial charge in [0, 0.05) is 11.5 Å². The average molecular weight is 307 g/mol. The van der Waals surface area contributed by atoms with Gasteiger partial charge in [-0.2, -0.15) is 0 Å². The smallest absolute Gasteiger partial charge is 0.314 e. The maximum atomic E-state index is 11.4. The van der Waals surface area contributed by atoms with Crippen LogP contribution in [0.3, 0.4) is 0 Å². The van der Waals surface area contributed by atoms with Gasteiger partial charge in [0.1, 0.15) is 5.92 Å². The molecule has 1 fully saturated rings. The molecule has 2 aliphatic rings. The van der Waals surface area contributed by atoms with Gasteiger partial charge in [-0.15, -0.1) is 0 Å². The van der Waals surface area contributed by atoms with Gasteiger partial charge in [0.25, 0.3) is 0 Å². The first-order chi connectivity index (χ1) is 10.4. The Balaban J connectivity index is 1.78. The SMILES string of the molecule is CC(C)C(C(=O)O)c1cc(C2(C)C=C(C3OCCO3)C2)no1. The molecule has 1 N–H and O–H groups in total. The number of carboxylic acids is 1. The summed E-state index contributed by atoms with van der Waals surface area (Å²) >= 11 is 0. The predicted molar refractivity (Wildman–Crippen MR) is 77.5 cm³/mol. The third-order valence-electron chi connectivity index (χ3n) is 4.35. The van der Waals surface area contributed by atoms with E-state index in [-0.39, 0.29) is 17.6 Å². The first-order valence-corrected chi connectivity index (χ1v) is 7.55. The highest BCUT2D eigenvalue weighted by Gasteiger charge is 2.42. The predicted octanol–water partition coefficient (Wildman–Crippen LogP) is 2.46. The first-order valence-electron chi connectivity index (χ1n) is 7.55. The molecule has 0 amide bonds. The number of rotatable bonds is 5. The van der Waals surface area contributed by atoms with Gasteiger partial charge in [0.05, 0.1) is 18.9 Å². The highest BCUT2D eigenvalue weighted by Crippen LogP contribution is 2.44. The fourth-order valence-corrected chi connectivity index (χ4v) is 3.13. The Bertz CT molecular complexity index is 599. The van der Waals surface area contributed by atoms with Crippen molar-refractivity contribution in [2.45, 2.75) is 44.8 Å². The van der Waals surface area contributed by atoms with Crippen molar-refractivity contribution in [1.82, 2.24) is 5.16 Å². The summed E-state index contributed by atoms with van der Waals surface area (Å²) in [5.41, 5.74) is 1.63. The Morgan fingerprint density at radius 1 is 1.41 bits per heavy atom. The van der Waals surface area contributed by atoms with Gasteiger partial charge in [-0.1, -0.05) is 32.0 Å². The van der Waals surface area contributed by atoms with Gasteiger partial charge in [0.15, 0.2) is 12.1 Å². The molecule has 1 aliphatic heterocycles. The van der Waals surface area contributed by atoms with E-state index in [9.17, 15) is 9.90 Å². The second-order valence-electron chi connectivity index (χ2n) is 6.56. The van der Waals surface area contributed by atoms with Crippen LogP contribution in [0.4, 0.5) is 0 Å². The third kappa shape index (κ3) is 2.57. The highest BCUT2D eigenvalue weighted by molar-refractivity contribution is 5.75. The molecule has 6 heteroatoms. The molecule has 2 unspecified atom stereocenters. The molecule has 6 nitrogen and oxygen atoms in total. The molecule has 0 bridgehead atoms. The van der Waals surface area contributed by atoms with Gasteiger partial charge < -0.3 is 19.1 Å². The van der Waals surface area contributed by atoms with Crippen LogP contribution in [0, 0.1) is 5.92 Å². The van der Waals surface area contributed by atoms with Gasteiger partial charge in [-0.05, 0) is 17.9 Å². The summed E-state index contributed by atoms with van der Waals surface area (Å²) in [4.78, 5) is 11.4. The molecule has 1 aromatic heterocycles. The molecule has 0 radical (unpaired) electrons. The lowest BCUT2D eigenvalue weighted by molar-refractivity contribution is -0.140. The number of nitrogens with zero attached hydrogens (tertiary/aromatic N) is 1. The monoisotopic (exact) mass is 307 g/mol. The van der Waals surface area contributed by atoms with Crippen LogP contribution in [-0.2, 0) is 19.7 Å². The number of hydrogen-bond donors (Lipinski definition) is 1. The van der Waals surface area contributed by atoms with E-state index in [1.165, 1.54) is 0 Å². The minimum absolute atomic E-state index is 0.0566. The Hall–Kier alpha value is -1.66. The van der Waals surface area contributed by atoms with Gasteiger partial charge >= 0.3 is 5.97 Å². The van der Waals surface area contributed by atoms with Crippen LogP contribution in [0.1, 0.15) is 44.6 Å². The molecular formula is C16H21NO5. The van der Waals surface area contributed by atoms with Crippen molar-refractivity contribution in [3.63, 3.8) is 0 Å². The molecular weight excluding hydrogens is 286 g/mol. The normalized spacial score (nSPS) is 26.8. The Kier molecular flexibility index (Phi) is 3.82. The maximum Gasteiger partial charge on any atom is 0.314 e. The number of hydrogen-bond acceptors (Lipinski definition) is 5. The van der Waals surface area contributed by atoms with E-state index in [1.807, 2.05) is 13.8 Å². The summed E-state index contributed by atoms with van der Waals surface area (Å²) in [7, 11) is 0. The van der Waals surface area contributed by atoms with Crippen molar-refractivity contribution in [2.75, 3.05) is 13.2 Å². The zero-order valence-corrected chi connectivity index (χ0v) is 13.0. The van der Waals surface area contributed by atoms with Crippen LogP contribution in [0.5, 0.6) is 0 Å². The van der Waals surface area contributed by atoms with Crippen LogP contribution in [0.2, 0.25) is 0 Å². The van der Waals surface area contributed by atoms with Crippen molar-refractivity contribution in [3.8, 4) is 0 Å². The van der Waals surface area contributed by atoms with Gasteiger partial charge in [-0.3, -0.25) is 4.79 Å². The van der Waals surface area contributed by atoms with Crippen molar-refractivity contribution in [2.24, 2.45) is 5.92 Å². The van der Waals surface area contributed by atoms with Crippen molar-refractivity contribution < 1.29 is 23.9 Å². The number of carbonyl (C=O) groups is 1. The van der Waals surface area contributed by atoms with E-state index < -0.39 is 11.9 Å². The van der Waals surface area contributed by atoms with Crippen LogP contribution >= 0.6 is 0 Å². The molecule has 1 aromatic rings. The maximum absolute atomic E-state index is 11.4. The van der Waals surface area contributed by atoms with E-state index in [0.29, 0.717) is 19.0 Å². The fourth-order valence-electron chi connectivity index (χ4n) is 3.13. The van der Waals surface area contributed by atoms with Crippen LogP contribution in [0.25, 0.3) is 0 Å². The zero-order chi connectivity index (χ0) is 15.9. The summed E-state index contributed by atoms with van der Waals surface area (Å²) in [5, 5.41) is 13.4. The lowest BCUT2D eigenvalue weighted by Gasteiger charge is -2.36. The van der Waals surface area contributed by atoms with Crippen molar-refractivity contribution >= 4 is 5.97 Å². The molecule has 0 saturated carbocycles. The second kappa shape index (κ2) is 5.52. The van der Waals surface area contributed by atoms with E-state index in [4.69, 9.17) is 14.0 Å². The van der Waals surface area contributed by atoms with E-state index in [0.717, 1.165) is 17.7 Å². The number of carboxylic acid groups (broad SMARTS) is 1. The molecule has 2 atom stereocenters. The number of allylic oxidation sites excluding steroid dienone is 1. The third-order valence-corrected chi connectivity index (χ3v) is 4.35. The number of ether oxygens (including phenoxy) is 2. The standard InChI is InChI=1S/C16H21NO5/c1-9(2)13(14(18)19)11-6-12(17-22-11)16(3)7-10(8-16)15-20-4-5-21-15/h6-7,9,13,15H,4-5,8H2,1-3H3,(H,18,19). The zero-order valence-electron chi connectivity index (χ0n) is 13.0. The molecule has 22 heavy (non-hydrogen) atoms. The van der Waals surface area contributed by atoms with Crippen LogP contribution in [0.15, 0.2) is 22.2 Å². The summed E-state index contributed by atoms with van der Waals surface area (Å²) < 4.78 is 16.3. The molecule has 2 heterocycles. The van der Waals surface area contributed by atoms with Crippen LogP contribution in [-0.4, -0.2) is 35.7 Å². The van der Waals surface area contributed by atoms with E-state index in [1.54, 1.807) is 6.07 Å². The second-order valence-corrected chi connectivity index (χ2v) is 6.56. The van der Waals surface area contributed by atoms with Crippen molar-refractivity contribution in [1.29, 1.82) is 0 Å². The number of aliphatic carboxylic acids is 1. The number of aromatic nitrogens is 1. The summed E-state index contributed by atoms with van der Waals surface area (Å²) in [5.74, 6) is -1.21. The van der Waals surface area contributed by atoms with Gasteiger partial charge in [0.2, 0.25) is 0 Å². The Morgan fingerprint density at radius 2 is 2.05 bits per heavy atom. The van der Waals surface area contributed by atoms with E-state index in [2.05, 4.69) is 18.2 Å². The summed E-state index contributed by atoms with van der Waals surface area (Å²) in [6.45, 7) is 7.03. The lowest BCUT2D eigenvalue weighted by atomic mass is 9.70. The average Bonchev–Trinajstić information content (AvgIpc) is 3.05. The van der Waals surface area contributed by atoms with Crippen molar-refractivity contribution in [3.05, 3.63) is 29.2 Å². The lowest BCUT2D eigenvalue weighted by Crippen LogP contribution is -2.34. The van der Waals surface area contributed by atoms with E-state index >= 15 is 0 Å². The largest absolute Gasteiger partial charge is 0.481 e. The topological polar surface area (TPSA) is 81.8 Å². The highest BCUT2D eigenvalue weighted by atomic mass is 16.7. The first kappa shape index (κ1) is 15.2. The summed E-state index contributed by atoms with van der Waals surface area (Å²) in [6, 6.07) is 1.77. The molecule has 3 rings (SSSR count). The Labute approximate surface area is 129 Å². The molecule has 0 spiro atoms. The minimum atomic E-state index is -0.888. The minimum Gasteiger partial charge on any atom is -0.481 e. The Morgan fingerprint density at radius 3 is 2.59 bits per heavy atom. The fraction of sp³-hybridized carbons (Fsp3) is 0.625.